The van der Waals surface area contributed by atoms with Crippen molar-refractivity contribution in [3.63, 3.8) is 0 Å². The fraction of sp³-hybridized carbons (Fsp3) is 0.130. The van der Waals surface area contributed by atoms with Crippen LogP contribution in [0.3, 0.4) is 0 Å². The quantitative estimate of drug-likeness (QED) is 0.567. The number of anilines is 1. The number of carbonyl (C=O) groups excluding carboxylic acids is 2. The van der Waals surface area contributed by atoms with Crippen molar-refractivity contribution in [1.82, 2.24) is 5.32 Å². The van der Waals surface area contributed by atoms with Crippen LogP contribution >= 0.6 is 11.6 Å². The molecule has 0 saturated carbocycles. The van der Waals surface area contributed by atoms with Crippen molar-refractivity contribution >= 4 is 29.2 Å². The summed E-state index contributed by atoms with van der Waals surface area (Å²) in [6.07, 6.45) is 0. The van der Waals surface area contributed by atoms with Crippen LogP contribution in [0.15, 0.2) is 78.9 Å². The normalized spacial score (nSPS) is 11.5. The van der Waals surface area contributed by atoms with E-state index in [4.69, 9.17) is 16.3 Å². The van der Waals surface area contributed by atoms with E-state index in [1.807, 2.05) is 48.5 Å². The number of rotatable bonds is 7. The Bertz CT molecular complexity index is 978. The first-order chi connectivity index (χ1) is 14.1. The van der Waals surface area contributed by atoms with Crippen LogP contribution in [0.25, 0.3) is 0 Å². The van der Waals surface area contributed by atoms with Gasteiger partial charge in [-0.3, -0.25) is 14.9 Å². The maximum absolute atomic E-state index is 12.7. The zero-order chi connectivity index (χ0) is 20.6. The molecular weight excluding hydrogens is 388 g/mol. The molecule has 0 aliphatic rings. The highest BCUT2D eigenvalue weighted by Gasteiger charge is 2.20. The SMILES string of the molecule is COC(=O)CN[C@@H](c1ccccc1)c1cc(Cl)ccc1NC(=O)c1ccccc1. The average Bonchev–Trinajstić information content (AvgIpc) is 2.76. The van der Waals surface area contributed by atoms with Gasteiger partial charge < -0.3 is 10.1 Å². The van der Waals surface area contributed by atoms with Gasteiger partial charge in [0.2, 0.25) is 0 Å². The van der Waals surface area contributed by atoms with E-state index < -0.39 is 0 Å². The zero-order valence-corrected chi connectivity index (χ0v) is 16.6. The minimum absolute atomic E-state index is 0.00858. The molecule has 29 heavy (non-hydrogen) atoms. The van der Waals surface area contributed by atoms with E-state index in [9.17, 15) is 9.59 Å². The molecule has 3 rings (SSSR count). The molecule has 0 fully saturated rings. The molecule has 5 nitrogen and oxygen atoms in total. The number of amides is 1. The number of carbonyl (C=O) groups is 2. The van der Waals surface area contributed by atoms with E-state index in [1.165, 1.54) is 7.11 Å². The molecular formula is C23H21ClN2O3. The predicted octanol–water partition coefficient (Wildman–Crippen LogP) is 4.44. The highest BCUT2D eigenvalue weighted by atomic mass is 35.5. The molecule has 1 amide bonds. The Hall–Kier alpha value is -3.15. The molecule has 3 aromatic carbocycles. The summed E-state index contributed by atoms with van der Waals surface area (Å²) in [7, 11) is 1.34. The van der Waals surface area contributed by atoms with Gasteiger partial charge >= 0.3 is 5.97 Å². The maximum atomic E-state index is 12.7. The standard InChI is InChI=1S/C23H21ClN2O3/c1-29-21(27)15-25-22(16-8-4-2-5-9-16)19-14-18(24)12-13-20(19)26-23(28)17-10-6-3-7-11-17/h2-14,22,25H,15H2,1H3,(H,26,28)/t22-/m0/s1. The number of hydrogen-bond acceptors (Lipinski definition) is 4. The number of benzene rings is 3. The lowest BCUT2D eigenvalue weighted by Gasteiger charge is -2.23. The number of ether oxygens (including phenoxy) is 1. The van der Waals surface area contributed by atoms with Gasteiger partial charge in [0.1, 0.15) is 0 Å². The first kappa shape index (κ1) is 20.6. The Kier molecular flexibility index (Phi) is 7.00. The summed E-state index contributed by atoms with van der Waals surface area (Å²) >= 11 is 6.26. The van der Waals surface area contributed by atoms with Gasteiger partial charge in [-0.25, -0.2) is 0 Å². The van der Waals surface area contributed by atoms with Gasteiger partial charge in [0.15, 0.2) is 0 Å². The molecule has 0 unspecified atom stereocenters. The largest absolute Gasteiger partial charge is 0.468 e. The van der Waals surface area contributed by atoms with Crippen LogP contribution in [0.1, 0.15) is 27.5 Å². The van der Waals surface area contributed by atoms with Gasteiger partial charge in [-0.1, -0.05) is 60.1 Å². The summed E-state index contributed by atoms with van der Waals surface area (Å²) in [5, 5.41) is 6.68. The third-order valence-corrected chi connectivity index (χ3v) is 4.65. The second-order valence-corrected chi connectivity index (χ2v) is 6.79. The van der Waals surface area contributed by atoms with Crippen molar-refractivity contribution < 1.29 is 14.3 Å². The maximum Gasteiger partial charge on any atom is 0.319 e. The Morgan fingerprint density at radius 1 is 0.966 bits per heavy atom. The lowest BCUT2D eigenvalue weighted by molar-refractivity contribution is -0.139. The van der Waals surface area contributed by atoms with Crippen molar-refractivity contribution in [2.45, 2.75) is 6.04 Å². The highest BCUT2D eigenvalue weighted by molar-refractivity contribution is 6.30. The van der Waals surface area contributed by atoms with Crippen LogP contribution in [0.2, 0.25) is 5.02 Å². The number of esters is 1. The lowest BCUT2D eigenvalue weighted by Crippen LogP contribution is -2.30. The number of methoxy groups -OCH3 is 1. The fourth-order valence-corrected chi connectivity index (χ4v) is 3.16. The molecule has 148 valence electrons. The zero-order valence-electron chi connectivity index (χ0n) is 15.9. The predicted molar refractivity (Wildman–Crippen MR) is 114 cm³/mol. The van der Waals surface area contributed by atoms with E-state index in [2.05, 4.69) is 10.6 Å². The number of halogens is 1. The van der Waals surface area contributed by atoms with Crippen LogP contribution < -0.4 is 10.6 Å². The molecule has 2 N–H and O–H groups in total. The fourth-order valence-electron chi connectivity index (χ4n) is 2.98. The summed E-state index contributed by atoms with van der Waals surface area (Å²) in [5.41, 5.74) is 2.83. The molecule has 0 heterocycles. The minimum Gasteiger partial charge on any atom is -0.468 e. The topological polar surface area (TPSA) is 67.4 Å². The van der Waals surface area contributed by atoms with Gasteiger partial charge in [0.05, 0.1) is 19.7 Å². The van der Waals surface area contributed by atoms with Gasteiger partial charge in [-0.2, -0.15) is 0 Å². The van der Waals surface area contributed by atoms with Crippen molar-refractivity contribution in [3.8, 4) is 0 Å². The first-order valence-electron chi connectivity index (χ1n) is 9.09. The lowest BCUT2D eigenvalue weighted by atomic mass is 9.96. The van der Waals surface area contributed by atoms with Crippen LogP contribution in [-0.2, 0) is 9.53 Å². The molecule has 1 atom stereocenters. The van der Waals surface area contributed by atoms with Crippen molar-refractivity contribution in [2.24, 2.45) is 0 Å². The van der Waals surface area contributed by atoms with E-state index in [0.29, 0.717) is 16.3 Å². The Labute approximate surface area is 174 Å². The van der Waals surface area contributed by atoms with Gasteiger partial charge in [0, 0.05) is 16.3 Å². The van der Waals surface area contributed by atoms with Gasteiger partial charge in [-0.15, -0.1) is 0 Å². The Morgan fingerprint density at radius 2 is 1.62 bits per heavy atom. The second-order valence-electron chi connectivity index (χ2n) is 6.35. The molecule has 0 aromatic heterocycles. The monoisotopic (exact) mass is 408 g/mol. The van der Waals surface area contributed by atoms with Crippen LogP contribution in [-0.4, -0.2) is 25.5 Å². The number of hydrogen-bond donors (Lipinski definition) is 2. The van der Waals surface area contributed by atoms with Gasteiger partial charge in [-0.05, 0) is 41.5 Å². The van der Waals surface area contributed by atoms with Crippen molar-refractivity contribution in [3.05, 3.63) is 101 Å². The molecule has 6 heteroatoms. The second kappa shape index (κ2) is 9.87. The third-order valence-electron chi connectivity index (χ3n) is 4.42. The van der Waals surface area contributed by atoms with E-state index >= 15 is 0 Å². The molecule has 3 aromatic rings. The molecule has 0 aliphatic carbocycles. The summed E-state index contributed by atoms with van der Waals surface area (Å²) in [6, 6.07) is 23.5. The molecule has 0 radical (unpaired) electrons. The molecule has 0 aliphatic heterocycles. The minimum atomic E-state index is -0.386. The van der Waals surface area contributed by atoms with E-state index in [0.717, 1.165) is 11.1 Å². The Balaban J connectivity index is 1.97. The summed E-state index contributed by atoms with van der Waals surface area (Å²) in [6.45, 7) is 0.00858. The molecule has 0 spiro atoms. The summed E-state index contributed by atoms with van der Waals surface area (Å²) in [4.78, 5) is 24.4. The smallest absolute Gasteiger partial charge is 0.319 e. The van der Waals surface area contributed by atoms with Crippen molar-refractivity contribution in [1.29, 1.82) is 0 Å². The summed E-state index contributed by atoms with van der Waals surface area (Å²) in [5.74, 6) is -0.614. The number of nitrogens with one attached hydrogen (secondary N) is 2. The van der Waals surface area contributed by atoms with Crippen LogP contribution in [0, 0.1) is 0 Å². The summed E-state index contributed by atoms with van der Waals surface area (Å²) < 4.78 is 4.75. The molecule has 0 bridgehead atoms. The van der Waals surface area contributed by atoms with E-state index in [-0.39, 0.29) is 24.5 Å². The van der Waals surface area contributed by atoms with E-state index in [1.54, 1.807) is 30.3 Å². The van der Waals surface area contributed by atoms with Crippen molar-refractivity contribution in [2.75, 3.05) is 19.0 Å². The Morgan fingerprint density at radius 3 is 2.28 bits per heavy atom. The van der Waals surface area contributed by atoms with Crippen LogP contribution in [0.4, 0.5) is 5.69 Å². The molecule has 0 saturated heterocycles. The van der Waals surface area contributed by atoms with Gasteiger partial charge in [0.25, 0.3) is 5.91 Å². The third kappa shape index (κ3) is 5.44. The average molecular weight is 409 g/mol. The first-order valence-corrected chi connectivity index (χ1v) is 9.47. The highest BCUT2D eigenvalue weighted by Crippen LogP contribution is 2.31. The van der Waals surface area contributed by atoms with Crippen LogP contribution in [0.5, 0.6) is 0 Å².